The molecule has 1 amide bonds. The SMILES string of the molecule is C=CC(=O)NCC1Cc2ccccc21. The van der Waals surface area contributed by atoms with Gasteiger partial charge in [-0.05, 0) is 23.6 Å². The highest BCUT2D eigenvalue weighted by Crippen LogP contribution is 2.33. The summed E-state index contributed by atoms with van der Waals surface area (Å²) in [6, 6.07) is 8.36. The van der Waals surface area contributed by atoms with Crippen LogP contribution in [0.15, 0.2) is 36.9 Å². The fourth-order valence-electron chi connectivity index (χ4n) is 1.84. The Morgan fingerprint density at radius 2 is 2.36 bits per heavy atom. The molecule has 1 aromatic rings. The summed E-state index contributed by atoms with van der Waals surface area (Å²) in [4.78, 5) is 10.9. The lowest BCUT2D eigenvalue weighted by molar-refractivity contribution is -0.116. The molecule has 0 spiro atoms. The third kappa shape index (κ3) is 1.55. The summed E-state index contributed by atoms with van der Waals surface area (Å²) in [5, 5.41) is 2.82. The van der Waals surface area contributed by atoms with E-state index in [4.69, 9.17) is 0 Å². The predicted octanol–water partition coefficient (Wildman–Crippen LogP) is 1.63. The van der Waals surface area contributed by atoms with E-state index >= 15 is 0 Å². The molecule has 0 fully saturated rings. The summed E-state index contributed by atoms with van der Waals surface area (Å²) in [5.41, 5.74) is 2.78. The average Bonchev–Trinajstić information content (AvgIpc) is 2.19. The minimum absolute atomic E-state index is 0.0885. The molecule has 1 unspecified atom stereocenters. The van der Waals surface area contributed by atoms with Crippen LogP contribution in [0.25, 0.3) is 0 Å². The molecule has 0 aliphatic heterocycles. The number of amides is 1. The van der Waals surface area contributed by atoms with Crippen molar-refractivity contribution in [2.75, 3.05) is 6.54 Å². The van der Waals surface area contributed by atoms with Crippen molar-refractivity contribution in [3.63, 3.8) is 0 Å². The van der Waals surface area contributed by atoms with E-state index in [9.17, 15) is 4.79 Å². The average molecular weight is 187 g/mol. The van der Waals surface area contributed by atoms with Gasteiger partial charge in [-0.2, -0.15) is 0 Å². The lowest BCUT2D eigenvalue weighted by atomic mass is 9.77. The van der Waals surface area contributed by atoms with Crippen LogP contribution in [0.3, 0.4) is 0 Å². The molecule has 2 heteroatoms. The third-order valence-corrected chi connectivity index (χ3v) is 2.67. The number of hydrogen-bond acceptors (Lipinski definition) is 1. The standard InChI is InChI=1S/C12H13NO/c1-2-12(14)13-8-10-7-9-5-3-4-6-11(9)10/h2-6,10H,1,7-8H2,(H,13,14). The van der Waals surface area contributed by atoms with Gasteiger partial charge in [-0.15, -0.1) is 0 Å². The summed E-state index contributed by atoms with van der Waals surface area (Å²) in [6.45, 7) is 4.14. The maximum absolute atomic E-state index is 10.9. The van der Waals surface area contributed by atoms with Crippen LogP contribution >= 0.6 is 0 Å². The van der Waals surface area contributed by atoms with E-state index in [2.05, 4.69) is 30.1 Å². The second kappa shape index (κ2) is 3.66. The highest BCUT2D eigenvalue weighted by atomic mass is 16.1. The Bertz CT molecular complexity index is 370. The molecule has 0 radical (unpaired) electrons. The Morgan fingerprint density at radius 1 is 1.57 bits per heavy atom. The van der Waals surface area contributed by atoms with Crippen molar-refractivity contribution in [2.24, 2.45) is 0 Å². The van der Waals surface area contributed by atoms with Crippen molar-refractivity contribution in [2.45, 2.75) is 12.3 Å². The topological polar surface area (TPSA) is 29.1 Å². The maximum Gasteiger partial charge on any atom is 0.243 e. The first-order chi connectivity index (χ1) is 6.81. The van der Waals surface area contributed by atoms with E-state index in [1.807, 2.05) is 6.07 Å². The van der Waals surface area contributed by atoms with Gasteiger partial charge in [-0.3, -0.25) is 4.79 Å². The van der Waals surface area contributed by atoms with Crippen LogP contribution < -0.4 is 5.32 Å². The molecule has 0 bridgehead atoms. The molecule has 72 valence electrons. The molecular formula is C12H13NO. The zero-order valence-corrected chi connectivity index (χ0v) is 7.99. The smallest absolute Gasteiger partial charge is 0.243 e. The lowest BCUT2D eigenvalue weighted by Crippen LogP contribution is -2.32. The second-order valence-electron chi connectivity index (χ2n) is 3.55. The Kier molecular flexibility index (Phi) is 2.35. The summed E-state index contributed by atoms with van der Waals surface area (Å²) in [7, 11) is 0. The number of hydrogen-bond donors (Lipinski definition) is 1. The first-order valence-corrected chi connectivity index (χ1v) is 4.79. The van der Waals surface area contributed by atoms with E-state index < -0.39 is 0 Å². The van der Waals surface area contributed by atoms with E-state index in [0.717, 1.165) is 13.0 Å². The quantitative estimate of drug-likeness (QED) is 0.716. The van der Waals surface area contributed by atoms with E-state index in [1.54, 1.807) is 0 Å². The largest absolute Gasteiger partial charge is 0.352 e. The molecule has 2 nitrogen and oxygen atoms in total. The van der Waals surface area contributed by atoms with Crippen LogP contribution in [-0.2, 0) is 11.2 Å². The molecule has 0 heterocycles. The molecule has 14 heavy (non-hydrogen) atoms. The van der Waals surface area contributed by atoms with Gasteiger partial charge in [0.1, 0.15) is 0 Å². The lowest BCUT2D eigenvalue weighted by Gasteiger charge is -2.29. The first-order valence-electron chi connectivity index (χ1n) is 4.79. The number of carbonyl (C=O) groups is 1. The zero-order valence-electron chi connectivity index (χ0n) is 7.99. The van der Waals surface area contributed by atoms with Gasteiger partial charge in [0.15, 0.2) is 0 Å². The fourth-order valence-corrected chi connectivity index (χ4v) is 1.84. The summed E-state index contributed by atoms with van der Waals surface area (Å²) in [5.74, 6) is 0.407. The Morgan fingerprint density at radius 3 is 3.07 bits per heavy atom. The van der Waals surface area contributed by atoms with Gasteiger partial charge in [0.05, 0.1) is 0 Å². The molecule has 0 aromatic heterocycles. The van der Waals surface area contributed by atoms with E-state index in [-0.39, 0.29) is 5.91 Å². The monoisotopic (exact) mass is 187 g/mol. The summed E-state index contributed by atoms with van der Waals surface area (Å²) < 4.78 is 0. The number of fused-ring (bicyclic) bond motifs is 1. The summed E-state index contributed by atoms with van der Waals surface area (Å²) in [6.07, 6.45) is 2.39. The van der Waals surface area contributed by atoms with Crippen molar-refractivity contribution >= 4 is 5.91 Å². The number of carbonyl (C=O) groups excluding carboxylic acids is 1. The fraction of sp³-hybridized carbons (Fsp3) is 0.250. The Balaban J connectivity index is 1.93. The minimum Gasteiger partial charge on any atom is -0.352 e. The molecule has 1 atom stereocenters. The minimum atomic E-state index is -0.0885. The Hall–Kier alpha value is -1.57. The van der Waals surface area contributed by atoms with Gasteiger partial charge >= 0.3 is 0 Å². The van der Waals surface area contributed by atoms with Gasteiger partial charge in [-0.1, -0.05) is 30.8 Å². The van der Waals surface area contributed by atoms with Crippen LogP contribution in [0, 0.1) is 0 Å². The van der Waals surface area contributed by atoms with Crippen molar-refractivity contribution in [3.8, 4) is 0 Å². The van der Waals surface area contributed by atoms with Crippen LogP contribution in [0.2, 0.25) is 0 Å². The Labute approximate surface area is 83.6 Å². The molecule has 1 aliphatic carbocycles. The van der Waals surface area contributed by atoms with Gasteiger partial charge in [-0.25, -0.2) is 0 Å². The maximum atomic E-state index is 10.9. The van der Waals surface area contributed by atoms with Crippen molar-refractivity contribution in [1.29, 1.82) is 0 Å². The van der Waals surface area contributed by atoms with Crippen LogP contribution in [0.4, 0.5) is 0 Å². The molecule has 2 rings (SSSR count). The molecule has 1 aliphatic rings. The van der Waals surface area contributed by atoms with Crippen molar-refractivity contribution in [3.05, 3.63) is 48.0 Å². The number of nitrogens with one attached hydrogen (secondary N) is 1. The molecule has 0 saturated heterocycles. The molecular weight excluding hydrogens is 174 g/mol. The van der Waals surface area contributed by atoms with Crippen LogP contribution in [0.1, 0.15) is 17.0 Å². The number of benzene rings is 1. The predicted molar refractivity (Wildman–Crippen MR) is 56.1 cm³/mol. The van der Waals surface area contributed by atoms with E-state index in [0.29, 0.717) is 5.92 Å². The van der Waals surface area contributed by atoms with Crippen molar-refractivity contribution in [1.82, 2.24) is 5.32 Å². The highest BCUT2D eigenvalue weighted by Gasteiger charge is 2.24. The molecule has 1 N–H and O–H groups in total. The van der Waals surface area contributed by atoms with Crippen molar-refractivity contribution < 1.29 is 4.79 Å². The van der Waals surface area contributed by atoms with Gasteiger partial charge < -0.3 is 5.32 Å². The first kappa shape index (κ1) is 9.00. The van der Waals surface area contributed by atoms with E-state index in [1.165, 1.54) is 17.2 Å². The van der Waals surface area contributed by atoms with Crippen LogP contribution in [0.5, 0.6) is 0 Å². The van der Waals surface area contributed by atoms with Gasteiger partial charge in [0.2, 0.25) is 5.91 Å². The third-order valence-electron chi connectivity index (χ3n) is 2.67. The summed E-state index contributed by atoms with van der Waals surface area (Å²) >= 11 is 0. The van der Waals surface area contributed by atoms with Gasteiger partial charge in [0, 0.05) is 12.5 Å². The zero-order chi connectivity index (χ0) is 9.97. The second-order valence-corrected chi connectivity index (χ2v) is 3.55. The van der Waals surface area contributed by atoms with Crippen LogP contribution in [-0.4, -0.2) is 12.5 Å². The molecule has 0 saturated carbocycles. The highest BCUT2D eigenvalue weighted by molar-refractivity contribution is 5.86. The normalized spacial score (nSPS) is 17.9. The molecule has 1 aromatic carbocycles. The van der Waals surface area contributed by atoms with Gasteiger partial charge in [0.25, 0.3) is 0 Å². The number of rotatable bonds is 3.